The normalized spacial score (nSPS) is 10.5. The number of carbonyl (C=O) groups is 4. The van der Waals surface area contributed by atoms with Crippen LogP contribution in [-0.2, 0) is 38.1 Å². The molecule has 0 aliphatic heterocycles. The van der Waals surface area contributed by atoms with Gasteiger partial charge in [0.15, 0.2) is 0 Å². The van der Waals surface area contributed by atoms with Gasteiger partial charge < -0.3 is 18.9 Å². The summed E-state index contributed by atoms with van der Waals surface area (Å²) in [7, 11) is 5.10. The van der Waals surface area contributed by atoms with Gasteiger partial charge in [-0.15, -0.1) is 0 Å². The van der Waals surface area contributed by atoms with Crippen molar-refractivity contribution in [2.75, 3.05) is 28.4 Å². The SMILES string of the molecule is COC(=O)/C=C/C=C/C(=O)OC.COC(=O)/C=C\C=C/C(=O)OC. The van der Waals surface area contributed by atoms with Gasteiger partial charge in [0.2, 0.25) is 0 Å². The summed E-state index contributed by atoms with van der Waals surface area (Å²) in [6.07, 6.45) is 10.3. The summed E-state index contributed by atoms with van der Waals surface area (Å²) in [5, 5.41) is 0. The Morgan fingerprint density at radius 3 is 0.750 bits per heavy atom. The number of carbonyl (C=O) groups excluding carboxylic acids is 4. The highest BCUT2D eigenvalue weighted by atomic mass is 16.5. The summed E-state index contributed by atoms with van der Waals surface area (Å²) in [5.41, 5.74) is 0. The Morgan fingerprint density at radius 2 is 0.625 bits per heavy atom. The highest BCUT2D eigenvalue weighted by molar-refractivity contribution is 5.85. The van der Waals surface area contributed by atoms with E-state index in [0.29, 0.717) is 0 Å². The van der Waals surface area contributed by atoms with Gasteiger partial charge in [-0.3, -0.25) is 0 Å². The first-order chi connectivity index (χ1) is 11.4. The van der Waals surface area contributed by atoms with Crippen molar-refractivity contribution in [3.8, 4) is 0 Å². The van der Waals surface area contributed by atoms with Crippen molar-refractivity contribution in [3.63, 3.8) is 0 Å². The minimum atomic E-state index is -0.468. The predicted molar refractivity (Wildman–Crippen MR) is 84.6 cm³/mol. The maximum absolute atomic E-state index is 10.5. The van der Waals surface area contributed by atoms with Crippen LogP contribution in [0.1, 0.15) is 0 Å². The van der Waals surface area contributed by atoms with Crippen LogP contribution < -0.4 is 0 Å². The summed E-state index contributed by atoms with van der Waals surface area (Å²) in [4.78, 5) is 41.9. The van der Waals surface area contributed by atoms with Gasteiger partial charge in [0, 0.05) is 24.3 Å². The lowest BCUT2D eigenvalue weighted by molar-refractivity contribution is -0.135. The molecule has 0 saturated carbocycles. The van der Waals surface area contributed by atoms with Gasteiger partial charge in [-0.2, -0.15) is 0 Å². The first-order valence-electron chi connectivity index (χ1n) is 6.42. The molecule has 0 radical (unpaired) electrons. The molecule has 132 valence electrons. The quantitative estimate of drug-likeness (QED) is 0.304. The lowest BCUT2D eigenvalue weighted by Gasteiger charge is -1.87. The van der Waals surface area contributed by atoms with Crippen molar-refractivity contribution in [3.05, 3.63) is 48.6 Å². The van der Waals surface area contributed by atoms with Crippen LogP contribution >= 0.6 is 0 Å². The molecule has 0 spiro atoms. The van der Waals surface area contributed by atoms with E-state index < -0.39 is 23.9 Å². The van der Waals surface area contributed by atoms with E-state index in [1.54, 1.807) is 0 Å². The van der Waals surface area contributed by atoms with Gasteiger partial charge in [0.05, 0.1) is 28.4 Å². The first kappa shape index (κ1) is 23.1. The van der Waals surface area contributed by atoms with E-state index in [0.717, 1.165) is 0 Å². The molecule has 0 aromatic heterocycles. The van der Waals surface area contributed by atoms with Gasteiger partial charge in [0.25, 0.3) is 0 Å². The number of hydrogen-bond donors (Lipinski definition) is 0. The third kappa shape index (κ3) is 16.9. The summed E-state index contributed by atoms with van der Waals surface area (Å²) in [5.74, 6) is -1.87. The van der Waals surface area contributed by atoms with E-state index in [1.807, 2.05) is 0 Å². The molecule has 0 aliphatic carbocycles. The van der Waals surface area contributed by atoms with Gasteiger partial charge in [-0.25, -0.2) is 19.2 Å². The molecule has 8 nitrogen and oxygen atoms in total. The second-order valence-electron chi connectivity index (χ2n) is 3.53. The maximum atomic E-state index is 10.5. The summed E-state index contributed by atoms with van der Waals surface area (Å²) < 4.78 is 17.2. The Balaban J connectivity index is 0. The standard InChI is InChI=1S/2C8H10O4/c2*1-11-7(9)5-3-4-6-8(10)12-2/h2*3-6H,1-2H3/b5-3+,6-4+;5-3-,6-4-. The van der Waals surface area contributed by atoms with Crippen LogP contribution in [-0.4, -0.2) is 52.3 Å². The molecular weight excluding hydrogens is 320 g/mol. The summed E-state index contributed by atoms with van der Waals surface area (Å²) in [6.45, 7) is 0. The molecule has 0 atom stereocenters. The maximum Gasteiger partial charge on any atom is 0.330 e. The van der Waals surface area contributed by atoms with Crippen molar-refractivity contribution in [1.29, 1.82) is 0 Å². The molecule has 0 fully saturated rings. The van der Waals surface area contributed by atoms with Crippen molar-refractivity contribution >= 4 is 23.9 Å². The zero-order chi connectivity index (χ0) is 18.8. The predicted octanol–water partition coefficient (Wildman–Crippen LogP) is 0.890. The van der Waals surface area contributed by atoms with E-state index in [4.69, 9.17) is 0 Å². The van der Waals surface area contributed by atoms with Crippen LogP contribution in [0, 0.1) is 0 Å². The minimum absolute atomic E-state index is 0.468. The number of esters is 4. The Labute approximate surface area is 140 Å². The molecule has 24 heavy (non-hydrogen) atoms. The lowest BCUT2D eigenvalue weighted by Crippen LogP contribution is -1.94. The van der Waals surface area contributed by atoms with Gasteiger partial charge in [-0.05, 0) is 0 Å². The molecule has 0 saturated heterocycles. The highest BCUT2D eigenvalue weighted by Crippen LogP contribution is 1.83. The van der Waals surface area contributed by atoms with Crippen molar-refractivity contribution in [1.82, 2.24) is 0 Å². The second-order valence-corrected chi connectivity index (χ2v) is 3.53. The molecule has 0 amide bonds. The fourth-order valence-electron chi connectivity index (χ4n) is 0.809. The molecule has 0 aromatic carbocycles. The Hall–Kier alpha value is -3.16. The second kappa shape index (κ2) is 16.2. The van der Waals surface area contributed by atoms with Crippen LogP contribution in [0.15, 0.2) is 48.6 Å². The van der Waals surface area contributed by atoms with Crippen molar-refractivity contribution in [2.24, 2.45) is 0 Å². The summed E-state index contributed by atoms with van der Waals surface area (Å²) >= 11 is 0. The third-order valence-corrected chi connectivity index (χ3v) is 1.96. The molecule has 0 aliphatic rings. The molecule has 0 rings (SSSR count). The molecule has 8 heteroatoms. The van der Waals surface area contributed by atoms with Crippen LogP contribution in [0.25, 0.3) is 0 Å². The Kier molecular flexibility index (Phi) is 15.6. The van der Waals surface area contributed by atoms with Gasteiger partial charge >= 0.3 is 23.9 Å². The van der Waals surface area contributed by atoms with Crippen LogP contribution in [0.2, 0.25) is 0 Å². The van der Waals surface area contributed by atoms with Crippen molar-refractivity contribution in [2.45, 2.75) is 0 Å². The van der Waals surface area contributed by atoms with E-state index in [9.17, 15) is 19.2 Å². The third-order valence-electron chi connectivity index (χ3n) is 1.96. The highest BCUT2D eigenvalue weighted by Gasteiger charge is 1.90. The molecule has 0 N–H and O–H groups in total. The van der Waals surface area contributed by atoms with Gasteiger partial charge in [-0.1, -0.05) is 24.3 Å². The van der Waals surface area contributed by atoms with E-state index in [1.165, 1.54) is 77.0 Å². The summed E-state index contributed by atoms with van der Waals surface area (Å²) in [6, 6.07) is 0. The smallest absolute Gasteiger partial charge is 0.330 e. The molecule has 0 bridgehead atoms. The van der Waals surface area contributed by atoms with E-state index in [2.05, 4.69) is 18.9 Å². The monoisotopic (exact) mass is 340 g/mol. The molecular formula is C16H20O8. The zero-order valence-corrected chi connectivity index (χ0v) is 13.9. The Bertz CT molecular complexity index is 430. The average Bonchev–Trinajstić information content (AvgIpc) is 2.61. The number of rotatable bonds is 6. The molecule has 0 aromatic rings. The first-order valence-corrected chi connectivity index (χ1v) is 6.42. The van der Waals surface area contributed by atoms with Gasteiger partial charge in [0.1, 0.15) is 0 Å². The number of ether oxygens (including phenoxy) is 4. The fourth-order valence-corrected chi connectivity index (χ4v) is 0.809. The zero-order valence-electron chi connectivity index (χ0n) is 13.9. The lowest BCUT2D eigenvalue weighted by atomic mass is 10.4. The number of methoxy groups -OCH3 is 4. The fraction of sp³-hybridized carbons (Fsp3) is 0.250. The minimum Gasteiger partial charge on any atom is -0.466 e. The largest absolute Gasteiger partial charge is 0.466 e. The van der Waals surface area contributed by atoms with Crippen LogP contribution in [0.4, 0.5) is 0 Å². The van der Waals surface area contributed by atoms with E-state index in [-0.39, 0.29) is 0 Å². The molecule has 0 heterocycles. The van der Waals surface area contributed by atoms with Crippen LogP contribution in [0.3, 0.4) is 0 Å². The van der Waals surface area contributed by atoms with Crippen molar-refractivity contribution < 1.29 is 38.1 Å². The number of allylic oxidation sites excluding steroid dienone is 4. The van der Waals surface area contributed by atoms with E-state index >= 15 is 0 Å². The topological polar surface area (TPSA) is 105 Å². The molecule has 0 unspecified atom stereocenters. The van der Waals surface area contributed by atoms with Crippen LogP contribution in [0.5, 0.6) is 0 Å². The Morgan fingerprint density at radius 1 is 0.458 bits per heavy atom. The number of hydrogen-bond acceptors (Lipinski definition) is 8. The average molecular weight is 340 g/mol.